The molecule has 3 aromatic heterocycles. The molecule has 1 fully saturated rings. The van der Waals surface area contributed by atoms with Crippen LogP contribution in [0.5, 0.6) is 5.88 Å². The van der Waals surface area contributed by atoms with E-state index in [-0.39, 0.29) is 18.2 Å². The van der Waals surface area contributed by atoms with Gasteiger partial charge in [0, 0.05) is 25.1 Å². The van der Waals surface area contributed by atoms with Gasteiger partial charge in [0.15, 0.2) is 11.6 Å². The van der Waals surface area contributed by atoms with E-state index in [1.165, 1.54) is 7.11 Å². The quantitative estimate of drug-likeness (QED) is 0.381. The summed E-state index contributed by atoms with van der Waals surface area (Å²) in [5.41, 5.74) is 1.36. The van der Waals surface area contributed by atoms with E-state index in [1.54, 1.807) is 42.1 Å². The highest BCUT2D eigenvalue weighted by Gasteiger charge is 2.36. The Morgan fingerprint density at radius 1 is 1.16 bits per heavy atom. The molecule has 1 aliphatic heterocycles. The first kappa shape index (κ1) is 27.9. The van der Waals surface area contributed by atoms with Gasteiger partial charge in [-0.3, -0.25) is 9.29 Å². The SMILES string of the molecule is COc1cccc(-c2nnc(NS(=O)(=O)[C@@H](C)[C@@H](OC(C)C)c3ncc(C)cn3)n2C[C@H]2CCCCO2)n1. The predicted molar refractivity (Wildman–Crippen MR) is 141 cm³/mol. The lowest BCUT2D eigenvalue weighted by atomic mass is 10.1. The van der Waals surface area contributed by atoms with Gasteiger partial charge in [-0.25, -0.2) is 23.4 Å². The largest absolute Gasteiger partial charge is 0.481 e. The summed E-state index contributed by atoms with van der Waals surface area (Å²) in [6, 6.07) is 5.29. The number of aromatic nitrogens is 6. The maximum Gasteiger partial charge on any atom is 0.240 e. The number of rotatable bonds is 11. The van der Waals surface area contributed by atoms with E-state index in [4.69, 9.17) is 14.2 Å². The molecule has 3 aromatic rings. The van der Waals surface area contributed by atoms with Gasteiger partial charge >= 0.3 is 0 Å². The van der Waals surface area contributed by atoms with Crippen molar-refractivity contribution in [2.45, 2.75) is 77.1 Å². The maximum atomic E-state index is 13.7. The van der Waals surface area contributed by atoms with E-state index in [9.17, 15) is 8.42 Å². The summed E-state index contributed by atoms with van der Waals surface area (Å²) in [4.78, 5) is 13.1. The highest BCUT2D eigenvalue weighted by atomic mass is 32.2. The van der Waals surface area contributed by atoms with Crippen LogP contribution in [0.25, 0.3) is 11.5 Å². The summed E-state index contributed by atoms with van der Waals surface area (Å²) < 4.78 is 48.8. The monoisotopic (exact) mass is 545 g/mol. The summed E-state index contributed by atoms with van der Waals surface area (Å²) in [6.07, 6.45) is 4.90. The molecule has 38 heavy (non-hydrogen) atoms. The molecule has 0 bridgehead atoms. The molecular formula is C25H35N7O5S. The average molecular weight is 546 g/mol. The number of sulfonamides is 1. The fourth-order valence-corrected chi connectivity index (χ4v) is 5.26. The molecule has 0 aromatic carbocycles. The van der Waals surface area contributed by atoms with Gasteiger partial charge in [-0.1, -0.05) is 6.07 Å². The number of nitrogens with one attached hydrogen (secondary N) is 1. The standard InChI is InChI=1S/C25H35N7O5S/c1-16(2)37-22(23-26-13-17(3)14-27-23)18(4)38(33,34)31-25-30-29-24(20-10-8-11-21(28-20)35-5)32(25)15-19-9-6-7-12-36-19/h8,10-11,13-14,16,18-19,22H,6-7,9,12,15H2,1-5H3,(H,30,31)/t18-,19+,22+/m0/s1. The first-order valence-corrected chi connectivity index (χ1v) is 14.2. The van der Waals surface area contributed by atoms with Gasteiger partial charge in [-0.2, -0.15) is 0 Å². The van der Waals surface area contributed by atoms with E-state index in [2.05, 4.69) is 29.9 Å². The van der Waals surface area contributed by atoms with Crippen LogP contribution in [0.4, 0.5) is 5.95 Å². The lowest BCUT2D eigenvalue weighted by Gasteiger charge is -2.26. The molecule has 0 aliphatic carbocycles. The Labute approximate surface area is 223 Å². The van der Waals surface area contributed by atoms with Crippen molar-refractivity contribution in [2.24, 2.45) is 0 Å². The second kappa shape index (κ2) is 12.1. The van der Waals surface area contributed by atoms with Crippen LogP contribution in [0.1, 0.15) is 57.5 Å². The van der Waals surface area contributed by atoms with Crippen LogP contribution in [0.3, 0.4) is 0 Å². The molecule has 0 unspecified atom stereocenters. The van der Waals surface area contributed by atoms with E-state index in [0.29, 0.717) is 36.4 Å². The normalized spacial score (nSPS) is 17.8. The van der Waals surface area contributed by atoms with Crippen molar-refractivity contribution in [1.29, 1.82) is 0 Å². The minimum atomic E-state index is -4.03. The van der Waals surface area contributed by atoms with E-state index in [0.717, 1.165) is 24.8 Å². The number of aryl methyl sites for hydroxylation is 1. The zero-order chi connectivity index (χ0) is 27.3. The molecular weight excluding hydrogens is 510 g/mol. The average Bonchev–Trinajstić information content (AvgIpc) is 3.29. The van der Waals surface area contributed by atoms with Crippen LogP contribution in [0.15, 0.2) is 30.6 Å². The second-order valence-electron chi connectivity index (χ2n) is 9.59. The fourth-order valence-electron chi connectivity index (χ4n) is 4.16. The van der Waals surface area contributed by atoms with Crippen LogP contribution in [-0.2, 0) is 26.0 Å². The molecule has 1 saturated heterocycles. The van der Waals surface area contributed by atoms with Crippen LogP contribution in [0, 0.1) is 6.92 Å². The summed E-state index contributed by atoms with van der Waals surface area (Å²) >= 11 is 0. The van der Waals surface area contributed by atoms with Gasteiger partial charge in [0.05, 0.1) is 25.9 Å². The Balaban J connectivity index is 1.67. The Bertz CT molecular complexity index is 1310. The Morgan fingerprint density at radius 3 is 2.58 bits per heavy atom. The van der Waals surface area contributed by atoms with Crippen molar-refractivity contribution in [2.75, 3.05) is 18.4 Å². The van der Waals surface area contributed by atoms with Crippen molar-refractivity contribution in [3.05, 3.63) is 42.0 Å². The van der Waals surface area contributed by atoms with E-state index < -0.39 is 21.4 Å². The smallest absolute Gasteiger partial charge is 0.240 e. The van der Waals surface area contributed by atoms with E-state index in [1.807, 2.05) is 20.8 Å². The van der Waals surface area contributed by atoms with Gasteiger partial charge in [-0.15, -0.1) is 10.2 Å². The number of hydrogen-bond donors (Lipinski definition) is 1. The molecule has 4 heterocycles. The van der Waals surface area contributed by atoms with Crippen LogP contribution in [-0.4, -0.2) is 69.3 Å². The van der Waals surface area contributed by atoms with Crippen molar-refractivity contribution in [3.63, 3.8) is 0 Å². The van der Waals surface area contributed by atoms with Gasteiger partial charge < -0.3 is 14.2 Å². The van der Waals surface area contributed by atoms with Gasteiger partial charge in [0.25, 0.3) is 0 Å². The van der Waals surface area contributed by atoms with Crippen LogP contribution >= 0.6 is 0 Å². The predicted octanol–water partition coefficient (Wildman–Crippen LogP) is 3.31. The molecule has 0 amide bonds. The number of pyridine rings is 1. The lowest BCUT2D eigenvalue weighted by molar-refractivity contribution is 0.00148. The first-order chi connectivity index (χ1) is 18.2. The van der Waals surface area contributed by atoms with E-state index >= 15 is 0 Å². The number of methoxy groups -OCH3 is 1. The zero-order valence-electron chi connectivity index (χ0n) is 22.4. The topological polar surface area (TPSA) is 143 Å². The summed E-state index contributed by atoms with van der Waals surface area (Å²) in [6.45, 7) is 8.11. The third-order valence-corrected chi connectivity index (χ3v) is 7.89. The third-order valence-electron chi connectivity index (χ3n) is 6.20. The van der Waals surface area contributed by atoms with Crippen molar-refractivity contribution < 1.29 is 22.6 Å². The molecule has 13 heteroatoms. The molecule has 206 valence electrons. The third kappa shape index (κ3) is 6.63. The van der Waals surface area contributed by atoms with Crippen LogP contribution < -0.4 is 9.46 Å². The van der Waals surface area contributed by atoms with Crippen molar-refractivity contribution in [1.82, 2.24) is 29.7 Å². The summed E-state index contributed by atoms with van der Waals surface area (Å²) in [5.74, 6) is 1.17. The number of ether oxygens (including phenoxy) is 3. The zero-order valence-corrected chi connectivity index (χ0v) is 23.2. The van der Waals surface area contributed by atoms with Crippen molar-refractivity contribution >= 4 is 16.0 Å². The molecule has 12 nitrogen and oxygen atoms in total. The number of hydrogen-bond acceptors (Lipinski definition) is 10. The Morgan fingerprint density at radius 2 is 1.92 bits per heavy atom. The summed E-state index contributed by atoms with van der Waals surface area (Å²) in [5, 5.41) is 7.45. The highest BCUT2D eigenvalue weighted by molar-refractivity contribution is 7.93. The second-order valence-corrected chi connectivity index (χ2v) is 11.6. The molecule has 0 radical (unpaired) electrons. The first-order valence-electron chi connectivity index (χ1n) is 12.7. The molecule has 1 aliphatic rings. The highest BCUT2D eigenvalue weighted by Crippen LogP contribution is 2.28. The summed E-state index contributed by atoms with van der Waals surface area (Å²) in [7, 11) is -2.50. The minimum Gasteiger partial charge on any atom is -0.481 e. The lowest BCUT2D eigenvalue weighted by Crippen LogP contribution is -2.35. The van der Waals surface area contributed by atoms with Crippen molar-refractivity contribution in [3.8, 4) is 17.4 Å². The molecule has 0 spiro atoms. The molecule has 1 N–H and O–H groups in total. The fraction of sp³-hybridized carbons (Fsp3) is 0.560. The Kier molecular flexibility index (Phi) is 8.90. The molecule has 3 atom stereocenters. The molecule has 0 saturated carbocycles. The number of nitrogens with zero attached hydrogens (tertiary/aromatic N) is 6. The van der Waals surface area contributed by atoms with Crippen LogP contribution in [0.2, 0.25) is 0 Å². The minimum absolute atomic E-state index is 0.0683. The number of anilines is 1. The van der Waals surface area contributed by atoms with Gasteiger partial charge in [0.2, 0.25) is 21.9 Å². The maximum absolute atomic E-state index is 13.7. The molecule has 4 rings (SSSR count). The van der Waals surface area contributed by atoms with Gasteiger partial charge in [-0.05, 0) is 58.6 Å². The Hall–Kier alpha value is -3.16. The van der Waals surface area contributed by atoms with Gasteiger partial charge in [0.1, 0.15) is 17.0 Å².